The Balaban J connectivity index is 4.10. The molecule has 0 rings (SSSR count). The van der Waals surface area contributed by atoms with Crippen molar-refractivity contribution in [1.29, 1.82) is 0 Å². The number of likely N-dealkylation sites (N-methyl/N-ethyl adjacent to an activating group) is 1. The molecule has 0 aromatic rings. The highest BCUT2D eigenvalue weighted by molar-refractivity contribution is 7.45. The Morgan fingerprint density at radius 2 is 0.648 bits per heavy atom. The van der Waals surface area contributed by atoms with Crippen LogP contribution < -0.4 is 4.89 Å². The maximum Gasteiger partial charge on any atom is 0.306 e. The third-order valence-corrected chi connectivity index (χ3v) is 16.1. The van der Waals surface area contributed by atoms with Crippen molar-refractivity contribution in [3.8, 4) is 0 Å². The van der Waals surface area contributed by atoms with Gasteiger partial charge in [-0.25, -0.2) is 0 Å². The molecular weight excluding hydrogens is 1110 g/mol. The van der Waals surface area contributed by atoms with E-state index in [-0.39, 0.29) is 32.0 Å². The summed E-state index contributed by atoms with van der Waals surface area (Å²) < 4.78 is 34.3. The van der Waals surface area contributed by atoms with Gasteiger partial charge >= 0.3 is 11.9 Å². The Morgan fingerprint density at radius 1 is 0.364 bits per heavy atom. The molecular formula is C78H134NO8P. The van der Waals surface area contributed by atoms with Gasteiger partial charge in [0.25, 0.3) is 7.82 Å². The average Bonchev–Trinajstić information content (AvgIpc) is 3.68. The van der Waals surface area contributed by atoms with Gasteiger partial charge in [0.1, 0.15) is 19.8 Å². The molecule has 0 saturated heterocycles. The zero-order chi connectivity index (χ0) is 64.1. The summed E-state index contributed by atoms with van der Waals surface area (Å²) in [6.07, 6.45) is 98.1. The van der Waals surface area contributed by atoms with E-state index in [4.69, 9.17) is 18.5 Å². The minimum atomic E-state index is -4.65. The van der Waals surface area contributed by atoms with Crippen molar-refractivity contribution >= 4 is 19.8 Å². The number of allylic oxidation sites excluding steroid dienone is 22. The van der Waals surface area contributed by atoms with Crippen molar-refractivity contribution in [3.63, 3.8) is 0 Å². The van der Waals surface area contributed by atoms with Crippen LogP contribution in [-0.2, 0) is 32.7 Å². The predicted molar refractivity (Wildman–Crippen MR) is 378 cm³/mol. The van der Waals surface area contributed by atoms with Crippen LogP contribution in [0.2, 0.25) is 0 Å². The Hall–Kier alpha value is -3.85. The van der Waals surface area contributed by atoms with E-state index in [9.17, 15) is 19.0 Å². The third-order valence-electron chi connectivity index (χ3n) is 15.2. The van der Waals surface area contributed by atoms with Crippen molar-refractivity contribution in [3.05, 3.63) is 134 Å². The summed E-state index contributed by atoms with van der Waals surface area (Å²) in [4.78, 5) is 38.1. The zero-order valence-corrected chi connectivity index (χ0v) is 58.3. The van der Waals surface area contributed by atoms with E-state index in [1.54, 1.807) is 0 Å². The minimum absolute atomic E-state index is 0.0373. The normalized spacial score (nSPS) is 13.9. The van der Waals surface area contributed by atoms with Crippen LogP contribution in [0, 0.1) is 0 Å². The molecule has 2 atom stereocenters. The number of rotatable bonds is 65. The Labute approximate surface area is 542 Å². The van der Waals surface area contributed by atoms with Gasteiger partial charge < -0.3 is 27.9 Å². The first-order chi connectivity index (χ1) is 43.0. The van der Waals surface area contributed by atoms with Crippen LogP contribution in [0.1, 0.15) is 296 Å². The second-order valence-corrected chi connectivity index (χ2v) is 26.3. The summed E-state index contributed by atoms with van der Waals surface area (Å²) in [5.41, 5.74) is 0. The van der Waals surface area contributed by atoms with Crippen molar-refractivity contribution in [1.82, 2.24) is 0 Å². The van der Waals surface area contributed by atoms with Gasteiger partial charge in [-0.3, -0.25) is 14.2 Å². The number of carbonyl (C=O) groups excluding carboxylic acids is 2. The third kappa shape index (κ3) is 71.2. The van der Waals surface area contributed by atoms with Crippen LogP contribution in [0.5, 0.6) is 0 Å². The van der Waals surface area contributed by atoms with Gasteiger partial charge in [-0.2, -0.15) is 0 Å². The predicted octanol–water partition coefficient (Wildman–Crippen LogP) is 23.0. The Kier molecular flexibility index (Phi) is 64.6. The number of hydrogen-bond donors (Lipinski definition) is 0. The molecule has 0 amide bonds. The van der Waals surface area contributed by atoms with Crippen LogP contribution in [-0.4, -0.2) is 70.0 Å². The molecule has 2 unspecified atom stereocenters. The van der Waals surface area contributed by atoms with E-state index in [1.807, 2.05) is 21.1 Å². The lowest BCUT2D eigenvalue weighted by Crippen LogP contribution is -2.37. The number of quaternary nitrogens is 1. The van der Waals surface area contributed by atoms with E-state index in [0.29, 0.717) is 17.4 Å². The fourth-order valence-electron chi connectivity index (χ4n) is 9.68. The SMILES string of the molecule is CC/C=C\C/C=C\C/C=C\C/C=C\C/C=C\C/C=C\C/C=C\C/C=C\C/C=C\CCCCCCCCCCCC(=O)OC(COC(=O)CCCCCCCCCCCCCCCCC/C=C\C/C=C\CCCCCCC)COP(=O)([O-])OCC[N+](C)(C)C. The van der Waals surface area contributed by atoms with Gasteiger partial charge in [-0.05, 0) is 116 Å². The quantitative estimate of drug-likeness (QED) is 0.0195. The molecule has 9 nitrogen and oxygen atoms in total. The first kappa shape index (κ1) is 84.2. The van der Waals surface area contributed by atoms with Crippen LogP contribution in [0.3, 0.4) is 0 Å². The molecule has 0 fully saturated rings. The van der Waals surface area contributed by atoms with E-state index in [1.165, 1.54) is 154 Å². The molecule has 0 aromatic carbocycles. The molecule has 88 heavy (non-hydrogen) atoms. The topological polar surface area (TPSA) is 111 Å². The number of ether oxygens (including phenoxy) is 2. The Morgan fingerprint density at radius 3 is 0.966 bits per heavy atom. The smallest absolute Gasteiger partial charge is 0.306 e. The second-order valence-electron chi connectivity index (χ2n) is 24.9. The van der Waals surface area contributed by atoms with Gasteiger partial charge in [-0.15, -0.1) is 0 Å². The van der Waals surface area contributed by atoms with Crippen molar-refractivity contribution in [2.75, 3.05) is 47.5 Å². The van der Waals surface area contributed by atoms with Crippen LogP contribution in [0.15, 0.2) is 134 Å². The number of nitrogens with zero attached hydrogens (tertiary/aromatic N) is 1. The van der Waals surface area contributed by atoms with Gasteiger partial charge in [0.05, 0.1) is 27.7 Å². The highest BCUT2D eigenvalue weighted by atomic mass is 31.2. The molecule has 0 saturated carbocycles. The summed E-state index contributed by atoms with van der Waals surface area (Å²) in [6.45, 7) is 4.12. The summed E-state index contributed by atoms with van der Waals surface area (Å²) in [6, 6.07) is 0. The summed E-state index contributed by atoms with van der Waals surface area (Å²) in [7, 11) is 1.15. The first-order valence-corrected chi connectivity index (χ1v) is 37.4. The maximum absolute atomic E-state index is 12.9. The second kappa shape index (κ2) is 67.5. The van der Waals surface area contributed by atoms with E-state index >= 15 is 0 Å². The number of unbranched alkanes of at least 4 members (excludes halogenated alkanes) is 29. The molecule has 0 radical (unpaired) electrons. The van der Waals surface area contributed by atoms with Crippen molar-refractivity contribution in [2.45, 2.75) is 302 Å². The summed E-state index contributed by atoms with van der Waals surface area (Å²) >= 11 is 0. The number of carbonyl (C=O) groups is 2. The van der Waals surface area contributed by atoms with E-state index < -0.39 is 26.5 Å². The zero-order valence-electron chi connectivity index (χ0n) is 57.4. The average molecular weight is 1240 g/mol. The number of phosphoric acid groups is 1. The lowest BCUT2D eigenvalue weighted by Gasteiger charge is -2.28. The molecule has 0 spiro atoms. The van der Waals surface area contributed by atoms with Gasteiger partial charge in [0.15, 0.2) is 6.10 Å². The maximum atomic E-state index is 12.9. The van der Waals surface area contributed by atoms with Gasteiger partial charge in [-0.1, -0.05) is 302 Å². The molecule has 0 aliphatic carbocycles. The van der Waals surface area contributed by atoms with Crippen LogP contribution in [0.4, 0.5) is 0 Å². The fraction of sp³-hybridized carbons (Fsp3) is 0.692. The highest BCUT2D eigenvalue weighted by Crippen LogP contribution is 2.38. The molecule has 0 aliphatic rings. The summed E-state index contributed by atoms with van der Waals surface area (Å²) in [5.74, 6) is -0.839. The van der Waals surface area contributed by atoms with Gasteiger partial charge in [0.2, 0.25) is 0 Å². The van der Waals surface area contributed by atoms with Crippen molar-refractivity contribution in [2.24, 2.45) is 0 Å². The molecule has 0 heterocycles. The molecule has 10 heteroatoms. The number of esters is 2. The lowest BCUT2D eigenvalue weighted by molar-refractivity contribution is -0.870. The van der Waals surface area contributed by atoms with Crippen LogP contribution in [0.25, 0.3) is 0 Å². The molecule has 0 aromatic heterocycles. The number of phosphoric ester groups is 1. The van der Waals surface area contributed by atoms with Crippen molar-refractivity contribution < 1.29 is 42.1 Å². The molecule has 0 aliphatic heterocycles. The minimum Gasteiger partial charge on any atom is -0.756 e. The fourth-order valence-corrected chi connectivity index (χ4v) is 10.4. The standard InChI is InChI=1S/C78H134NO8P/c1-6-8-10-12-14-16-18-20-22-24-26-28-30-32-34-35-36-37-38-39-40-41-42-43-45-47-49-51-53-55-57-59-61-63-65-67-69-71-78(81)87-76(75-86-88(82,83)85-73-72-79(3,4)5)74-84-77(80)70-68-66-64-62-60-58-56-54-52-50-48-46-44-33-31-29-27-25-23-21-19-17-15-13-11-9-7-2/h8,10,14,16,19-22,25-28,32,34,36-37,39-40,42-43,47,49,76H,6-7,9,11-13,15,17-18,23-24,29-31,33,35,38,41,44-46,48,50-75H2,1-5H3/b10-8-,16-14-,21-19-,22-20-,27-25-,28-26-,34-32-,37-36-,40-39-,43-42-,49-47-. The van der Waals surface area contributed by atoms with Crippen LogP contribution >= 0.6 is 7.82 Å². The highest BCUT2D eigenvalue weighted by Gasteiger charge is 2.22. The first-order valence-electron chi connectivity index (χ1n) is 35.9. The van der Waals surface area contributed by atoms with Gasteiger partial charge in [0, 0.05) is 12.8 Å². The molecule has 0 bridgehead atoms. The monoisotopic (exact) mass is 1240 g/mol. The largest absolute Gasteiger partial charge is 0.756 e. The molecule has 0 N–H and O–H groups in total. The lowest BCUT2D eigenvalue weighted by atomic mass is 10.0. The van der Waals surface area contributed by atoms with E-state index in [2.05, 4.69) is 148 Å². The molecule has 504 valence electrons. The Bertz CT molecular complexity index is 1950. The number of hydrogen-bond acceptors (Lipinski definition) is 8. The van der Waals surface area contributed by atoms with E-state index in [0.717, 1.165) is 109 Å². The summed E-state index contributed by atoms with van der Waals surface area (Å²) in [5, 5.41) is 0.